The van der Waals surface area contributed by atoms with Gasteiger partial charge in [-0.2, -0.15) is 0 Å². The molecule has 0 radical (unpaired) electrons. The van der Waals surface area contributed by atoms with Crippen molar-refractivity contribution in [2.24, 2.45) is 0 Å². The summed E-state index contributed by atoms with van der Waals surface area (Å²) in [6.07, 6.45) is 2.97. The van der Waals surface area contributed by atoms with Gasteiger partial charge < -0.3 is 9.64 Å². The lowest BCUT2D eigenvalue weighted by atomic mass is 10.0. The van der Waals surface area contributed by atoms with E-state index < -0.39 is 0 Å². The van der Waals surface area contributed by atoms with E-state index in [0.717, 1.165) is 44.6 Å². The van der Waals surface area contributed by atoms with Gasteiger partial charge in [0.15, 0.2) is 0 Å². The molecule has 1 aromatic rings. The maximum absolute atomic E-state index is 12.2. The zero-order valence-corrected chi connectivity index (χ0v) is 15.2. The van der Waals surface area contributed by atoms with Crippen molar-refractivity contribution < 1.29 is 9.53 Å². The van der Waals surface area contributed by atoms with Gasteiger partial charge in [-0.25, -0.2) is 4.79 Å². The lowest BCUT2D eigenvalue weighted by Crippen LogP contribution is -2.56. The van der Waals surface area contributed by atoms with Crippen LogP contribution in [0.5, 0.6) is 0 Å². The van der Waals surface area contributed by atoms with Crippen LogP contribution in [0.3, 0.4) is 0 Å². The topological polar surface area (TPSA) is 36.0 Å². The van der Waals surface area contributed by atoms with E-state index in [4.69, 9.17) is 17.4 Å². The number of thiol groups is 1. The van der Waals surface area contributed by atoms with Crippen molar-refractivity contribution in [1.29, 1.82) is 0 Å². The fourth-order valence-corrected chi connectivity index (χ4v) is 3.97. The number of piperidine rings is 1. The van der Waals surface area contributed by atoms with Crippen molar-refractivity contribution in [3.63, 3.8) is 0 Å². The van der Waals surface area contributed by atoms with Crippen LogP contribution in [0.25, 0.3) is 0 Å². The van der Waals surface area contributed by atoms with Gasteiger partial charge in [0, 0.05) is 32.2 Å². The first-order valence-corrected chi connectivity index (χ1v) is 9.26. The summed E-state index contributed by atoms with van der Waals surface area (Å²) in [6, 6.07) is 10.3. The second-order valence-electron chi connectivity index (χ2n) is 6.68. The molecule has 2 heterocycles. The maximum atomic E-state index is 12.2. The summed E-state index contributed by atoms with van der Waals surface area (Å²) >= 11 is 4.75. The zero-order chi connectivity index (χ0) is 16.9. The Bertz CT molecular complexity index is 534. The fourth-order valence-electron chi connectivity index (χ4n) is 3.55. The number of benzene rings is 1. The highest BCUT2D eigenvalue weighted by Crippen LogP contribution is 2.25. The second-order valence-corrected chi connectivity index (χ2v) is 7.14. The third-order valence-corrected chi connectivity index (χ3v) is 5.71. The van der Waals surface area contributed by atoms with E-state index in [0.29, 0.717) is 12.6 Å². The van der Waals surface area contributed by atoms with Crippen molar-refractivity contribution in [2.75, 3.05) is 33.2 Å². The Kier molecular flexibility index (Phi) is 6.03. The molecule has 1 amide bonds. The molecule has 0 N–H and O–H groups in total. The molecular formula is C18H27N3O2S. The Morgan fingerprint density at radius 1 is 1.17 bits per heavy atom. The lowest BCUT2D eigenvalue weighted by molar-refractivity contribution is 0.0160. The number of carbonyl (C=O) groups excluding carboxylic acids is 1. The Labute approximate surface area is 150 Å². The summed E-state index contributed by atoms with van der Waals surface area (Å²) < 4.78 is 5.44. The third kappa shape index (κ3) is 4.23. The van der Waals surface area contributed by atoms with Gasteiger partial charge >= 0.3 is 6.09 Å². The zero-order valence-electron chi connectivity index (χ0n) is 14.3. The van der Waals surface area contributed by atoms with Crippen LogP contribution in [0.15, 0.2) is 30.3 Å². The minimum Gasteiger partial charge on any atom is -0.445 e. The van der Waals surface area contributed by atoms with Gasteiger partial charge in [0.05, 0.1) is 0 Å². The van der Waals surface area contributed by atoms with Crippen molar-refractivity contribution in [2.45, 2.75) is 37.4 Å². The molecule has 2 aliphatic rings. The minimum atomic E-state index is -0.199. The highest BCUT2D eigenvalue weighted by Gasteiger charge is 2.33. The average molecular weight is 350 g/mol. The molecule has 1 aromatic carbocycles. The summed E-state index contributed by atoms with van der Waals surface area (Å²) in [5.74, 6) is 0. The van der Waals surface area contributed by atoms with E-state index in [1.807, 2.05) is 35.2 Å². The SMILES string of the molecule is CN1CCCN(C2CCN(C(=O)OCc3ccccc3)CC2)C1S. The van der Waals surface area contributed by atoms with Crippen molar-refractivity contribution >= 4 is 18.7 Å². The van der Waals surface area contributed by atoms with E-state index >= 15 is 0 Å². The Hall–Kier alpha value is -1.24. The van der Waals surface area contributed by atoms with E-state index in [9.17, 15) is 4.79 Å². The van der Waals surface area contributed by atoms with Crippen LogP contribution in [-0.2, 0) is 11.3 Å². The first-order valence-electron chi connectivity index (χ1n) is 8.75. The van der Waals surface area contributed by atoms with Crippen LogP contribution in [-0.4, -0.2) is 65.6 Å². The number of rotatable bonds is 3. The maximum Gasteiger partial charge on any atom is 0.410 e. The van der Waals surface area contributed by atoms with E-state index in [1.54, 1.807) is 0 Å². The van der Waals surface area contributed by atoms with Crippen LogP contribution in [0.1, 0.15) is 24.8 Å². The molecule has 1 atom stereocenters. The second kappa shape index (κ2) is 8.23. The predicted molar refractivity (Wildman–Crippen MR) is 97.9 cm³/mol. The van der Waals surface area contributed by atoms with Crippen molar-refractivity contribution in [3.05, 3.63) is 35.9 Å². The number of nitrogens with zero attached hydrogens (tertiary/aromatic N) is 3. The van der Waals surface area contributed by atoms with Crippen LogP contribution in [0.2, 0.25) is 0 Å². The van der Waals surface area contributed by atoms with E-state index in [1.165, 1.54) is 6.42 Å². The van der Waals surface area contributed by atoms with Gasteiger partial charge in [0.25, 0.3) is 0 Å². The third-order valence-electron chi connectivity index (χ3n) is 5.01. The number of carbonyl (C=O) groups is 1. The van der Waals surface area contributed by atoms with Crippen LogP contribution in [0, 0.1) is 0 Å². The van der Waals surface area contributed by atoms with E-state index in [-0.39, 0.29) is 11.6 Å². The normalized spacial score (nSPS) is 24.1. The smallest absolute Gasteiger partial charge is 0.410 e. The molecular weight excluding hydrogens is 322 g/mol. The van der Waals surface area contributed by atoms with Gasteiger partial charge in [-0.15, -0.1) is 12.6 Å². The van der Waals surface area contributed by atoms with Gasteiger partial charge in [0.2, 0.25) is 0 Å². The number of likely N-dealkylation sites (tertiary alicyclic amines) is 1. The molecule has 0 aromatic heterocycles. The Morgan fingerprint density at radius 3 is 2.58 bits per heavy atom. The van der Waals surface area contributed by atoms with Crippen LogP contribution >= 0.6 is 12.6 Å². The quantitative estimate of drug-likeness (QED) is 0.851. The summed E-state index contributed by atoms with van der Waals surface area (Å²) in [4.78, 5) is 18.8. The summed E-state index contributed by atoms with van der Waals surface area (Å²) in [5, 5.41) is 0. The number of amides is 1. The lowest BCUT2D eigenvalue weighted by Gasteiger charge is -2.46. The molecule has 5 nitrogen and oxygen atoms in total. The number of ether oxygens (including phenoxy) is 1. The molecule has 132 valence electrons. The van der Waals surface area contributed by atoms with Gasteiger partial charge in [-0.3, -0.25) is 9.80 Å². The van der Waals surface area contributed by atoms with Crippen molar-refractivity contribution in [1.82, 2.24) is 14.7 Å². The Balaban J connectivity index is 1.45. The number of hydrogen-bond acceptors (Lipinski definition) is 5. The first-order chi connectivity index (χ1) is 11.6. The summed E-state index contributed by atoms with van der Waals surface area (Å²) in [5.41, 5.74) is 1.22. The molecule has 1 unspecified atom stereocenters. The molecule has 0 aliphatic carbocycles. The van der Waals surface area contributed by atoms with Gasteiger partial charge in [-0.1, -0.05) is 30.3 Å². The highest BCUT2D eigenvalue weighted by atomic mass is 32.1. The first kappa shape index (κ1) is 17.6. The molecule has 0 spiro atoms. The van der Waals surface area contributed by atoms with E-state index in [2.05, 4.69) is 16.8 Å². The largest absolute Gasteiger partial charge is 0.445 e. The minimum absolute atomic E-state index is 0.195. The molecule has 0 saturated carbocycles. The van der Waals surface area contributed by atoms with Gasteiger partial charge in [0.1, 0.15) is 12.1 Å². The fraction of sp³-hybridized carbons (Fsp3) is 0.611. The predicted octanol–water partition coefficient (Wildman–Crippen LogP) is 2.64. The number of hydrogen-bond donors (Lipinski definition) is 1. The molecule has 6 heteroatoms. The molecule has 2 aliphatic heterocycles. The standard InChI is InChI=1S/C18H27N3O2S/c1-19-10-5-11-21(17(19)24)16-8-12-20(13-9-16)18(22)23-14-15-6-3-2-4-7-15/h2-4,6-7,16-17,24H,5,8-14H2,1H3. The van der Waals surface area contributed by atoms with Gasteiger partial charge in [-0.05, 0) is 31.9 Å². The van der Waals surface area contributed by atoms with Crippen molar-refractivity contribution in [3.8, 4) is 0 Å². The molecule has 3 rings (SSSR count). The monoisotopic (exact) mass is 349 g/mol. The molecule has 24 heavy (non-hydrogen) atoms. The van der Waals surface area contributed by atoms with Crippen LogP contribution < -0.4 is 0 Å². The summed E-state index contributed by atoms with van der Waals surface area (Å²) in [7, 11) is 2.12. The average Bonchev–Trinajstić information content (AvgIpc) is 2.63. The van der Waals surface area contributed by atoms with Crippen LogP contribution in [0.4, 0.5) is 4.79 Å². The highest BCUT2D eigenvalue weighted by molar-refractivity contribution is 7.80. The molecule has 2 fully saturated rings. The molecule has 2 saturated heterocycles. The summed E-state index contributed by atoms with van der Waals surface area (Å²) in [6.45, 7) is 4.07. The Morgan fingerprint density at radius 2 is 1.88 bits per heavy atom. The molecule has 0 bridgehead atoms.